The van der Waals surface area contributed by atoms with Crippen LogP contribution in [0.5, 0.6) is 5.75 Å². The van der Waals surface area contributed by atoms with Crippen LogP contribution in [0.2, 0.25) is 0 Å². The topological polar surface area (TPSA) is 47.9 Å². The number of carbonyl (C=O) groups is 1. The second-order valence-electron chi connectivity index (χ2n) is 3.78. The molecule has 0 unspecified atom stereocenters. The number of carbonyl (C=O) groups excluding carboxylic acids is 1. The van der Waals surface area contributed by atoms with E-state index in [1.807, 2.05) is 38.1 Å². The minimum atomic E-state index is -0.388. The molecule has 0 amide bonds. The van der Waals surface area contributed by atoms with Crippen LogP contribution in [0.4, 0.5) is 0 Å². The average molecular weight is 245 g/mol. The maximum absolute atomic E-state index is 11.5. The molecule has 0 fully saturated rings. The van der Waals surface area contributed by atoms with Gasteiger partial charge in [0, 0.05) is 6.42 Å². The summed E-state index contributed by atoms with van der Waals surface area (Å²) >= 11 is 0. The third kappa shape index (κ3) is 2.77. The van der Waals surface area contributed by atoms with Crippen LogP contribution in [0.15, 0.2) is 35.0 Å². The minimum absolute atomic E-state index is 0.344. The van der Waals surface area contributed by atoms with Gasteiger partial charge in [0.15, 0.2) is 11.6 Å². The van der Waals surface area contributed by atoms with E-state index in [-0.39, 0.29) is 5.97 Å². The lowest BCUT2D eigenvalue weighted by molar-refractivity contribution is -0.130. The number of cyclic esters (lactones) is 1. The number of benzene rings is 1. The summed E-state index contributed by atoms with van der Waals surface area (Å²) in [6, 6.07) is 7.48. The highest BCUT2D eigenvalue weighted by Crippen LogP contribution is 2.18. The highest BCUT2D eigenvalue weighted by molar-refractivity contribution is 6.07. The lowest BCUT2D eigenvalue weighted by atomic mass is 10.2. The number of rotatable bonds is 4. The summed E-state index contributed by atoms with van der Waals surface area (Å²) in [6.07, 6.45) is 2.33. The summed E-state index contributed by atoms with van der Waals surface area (Å²) in [7, 11) is 0. The van der Waals surface area contributed by atoms with Crippen LogP contribution in [-0.4, -0.2) is 18.5 Å². The third-order valence-electron chi connectivity index (χ3n) is 2.46. The molecule has 1 aliphatic rings. The van der Waals surface area contributed by atoms with Crippen LogP contribution in [0.3, 0.4) is 0 Å². The molecule has 0 spiro atoms. The van der Waals surface area contributed by atoms with Crippen molar-refractivity contribution in [1.29, 1.82) is 0 Å². The van der Waals surface area contributed by atoms with Crippen molar-refractivity contribution in [3.63, 3.8) is 0 Å². The minimum Gasteiger partial charge on any atom is -0.494 e. The molecule has 4 heteroatoms. The molecule has 1 aromatic carbocycles. The molecule has 0 radical (unpaired) electrons. The van der Waals surface area contributed by atoms with Crippen molar-refractivity contribution >= 4 is 17.9 Å². The zero-order valence-electron chi connectivity index (χ0n) is 10.5. The lowest BCUT2D eigenvalue weighted by Crippen LogP contribution is -2.02. The van der Waals surface area contributed by atoms with Gasteiger partial charge in [0.1, 0.15) is 5.75 Å². The molecule has 2 rings (SSSR count). The Balaban J connectivity index is 2.17. The number of hydrogen-bond acceptors (Lipinski definition) is 4. The van der Waals surface area contributed by atoms with Crippen molar-refractivity contribution in [3.8, 4) is 5.75 Å². The fraction of sp³-hybridized carbons (Fsp3) is 0.286. The first-order valence-electron chi connectivity index (χ1n) is 5.97. The molecule has 0 N–H and O–H groups in total. The predicted molar refractivity (Wildman–Crippen MR) is 69.4 cm³/mol. The molecule has 94 valence electrons. The first-order chi connectivity index (χ1) is 8.72. The van der Waals surface area contributed by atoms with E-state index in [4.69, 9.17) is 9.47 Å². The number of hydrogen-bond donors (Lipinski definition) is 0. The number of aliphatic imine (C=N–C) groups is 1. The normalized spacial score (nSPS) is 16.7. The molecule has 0 aliphatic carbocycles. The van der Waals surface area contributed by atoms with E-state index in [1.165, 1.54) is 0 Å². The molecule has 0 atom stereocenters. The first kappa shape index (κ1) is 12.4. The summed E-state index contributed by atoms with van der Waals surface area (Å²) in [4.78, 5) is 15.6. The molecule has 18 heavy (non-hydrogen) atoms. The Bertz CT molecular complexity index is 500. The molecule has 4 nitrogen and oxygen atoms in total. The van der Waals surface area contributed by atoms with Crippen LogP contribution in [0.25, 0.3) is 6.08 Å². The number of esters is 1. The Hall–Kier alpha value is -2.10. The summed E-state index contributed by atoms with van der Waals surface area (Å²) in [5.74, 6) is 0.893. The average Bonchev–Trinajstić information content (AvgIpc) is 2.73. The third-order valence-corrected chi connectivity index (χ3v) is 2.46. The molecule has 0 saturated heterocycles. The van der Waals surface area contributed by atoms with Crippen molar-refractivity contribution in [2.45, 2.75) is 20.3 Å². The van der Waals surface area contributed by atoms with Gasteiger partial charge in [0.2, 0.25) is 0 Å². The van der Waals surface area contributed by atoms with Gasteiger partial charge in [-0.1, -0.05) is 19.1 Å². The van der Waals surface area contributed by atoms with Crippen molar-refractivity contribution in [1.82, 2.24) is 0 Å². The quantitative estimate of drug-likeness (QED) is 0.605. The Morgan fingerprint density at radius 1 is 1.28 bits per heavy atom. The molecular formula is C14H15NO3. The van der Waals surface area contributed by atoms with Crippen LogP contribution >= 0.6 is 0 Å². The lowest BCUT2D eigenvalue weighted by Gasteiger charge is -2.02. The first-order valence-corrected chi connectivity index (χ1v) is 5.97. The van der Waals surface area contributed by atoms with Crippen LogP contribution in [-0.2, 0) is 9.53 Å². The van der Waals surface area contributed by atoms with Gasteiger partial charge in [-0.3, -0.25) is 0 Å². The number of nitrogens with zero attached hydrogens (tertiary/aromatic N) is 1. The Morgan fingerprint density at radius 2 is 2.00 bits per heavy atom. The second kappa shape index (κ2) is 5.49. The maximum Gasteiger partial charge on any atom is 0.363 e. The molecule has 1 aliphatic heterocycles. The van der Waals surface area contributed by atoms with Gasteiger partial charge in [-0.15, -0.1) is 0 Å². The standard InChI is InChI=1S/C14H15NO3/c1-3-13-15-12(14(16)18-13)9-10-5-7-11(8-6-10)17-4-2/h5-9H,3-4H2,1-2H3/b12-9+. The largest absolute Gasteiger partial charge is 0.494 e. The summed E-state index contributed by atoms with van der Waals surface area (Å²) in [6.45, 7) is 4.47. The molecule has 0 aromatic heterocycles. The monoisotopic (exact) mass is 245 g/mol. The SMILES string of the molecule is CCOc1ccc(/C=C2/N=C(CC)OC2=O)cc1. The van der Waals surface area contributed by atoms with Gasteiger partial charge in [-0.05, 0) is 30.7 Å². The van der Waals surface area contributed by atoms with E-state index in [1.54, 1.807) is 6.08 Å². The summed E-state index contributed by atoms with van der Waals surface area (Å²) in [5.41, 5.74) is 1.24. The van der Waals surface area contributed by atoms with Gasteiger partial charge in [-0.2, -0.15) is 0 Å². The van der Waals surface area contributed by atoms with Gasteiger partial charge in [-0.25, -0.2) is 9.79 Å². The summed E-state index contributed by atoms with van der Waals surface area (Å²) < 4.78 is 10.3. The van der Waals surface area contributed by atoms with E-state index in [0.717, 1.165) is 11.3 Å². The highest BCUT2D eigenvalue weighted by atomic mass is 16.6. The fourth-order valence-corrected chi connectivity index (χ4v) is 1.59. The number of ether oxygens (including phenoxy) is 2. The van der Waals surface area contributed by atoms with E-state index >= 15 is 0 Å². The zero-order valence-corrected chi connectivity index (χ0v) is 10.5. The predicted octanol–water partition coefficient (Wildman–Crippen LogP) is 2.79. The van der Waals surface area contributed by atoms with Crippen LogP contribution < -0.4 is 4.74 Å². The van der Waals surface area contributed by atoms with E-state index in [2.05, 4.69) is 4.99 Å². The van der Waals surface area contributed by atoms with Gasteiger partial charge in [0.25, 0.3) is 0 Å². The summed E-state index contributed by atoms with van der Waals surface area (Å²) in [5, 5.41) is 0. The van der Waals surface area contributed by atoms with Crippen molar-refractivity contribution < 1.29 is 14.3 Å². The van der Waals surface area contributed by atoms with Crippen molar-refractivity contribution in [3.05, 3.63) is 35.5 Å². The molecule has 1 heterocycles. The molecule has 0 bridgehead atoms. The molecular weight excluding hydrogens is 230 g/mol. The van der Waals surface area contributed by atoms with Crippen molar-refractivity contribution in [2.24, 2.45) is 4.99 Å². The maximum atomic E-state index is 11.5. The van der Waals surface area contributed by atoms with Gasteiger partial charge in [0.05, 0.1) is 6.61 Å². The zero-order chi connectivity index (χ0) is 13.0. The van der Waals surface area contributed by atoms with Gasteiger partial charge < -0.3 is 9.47 Å². The van der Waals surface area contributed by atoms with E-state index in [0.29, 0.717) is 24.6 Å². The molecule has 1 aromatic rings. The Kier molecular flexibility index (Phi) is 3.77. The van der Waals surface area contributed by atoms with Crippen LogP contribution in [0, 0.1) is 0 Å². The Labute approximate surface area is 106 Å². The smallest absolute Gasteiger partial charge is 0.363 e. The second-order valence-corrected chi connectivity index (χ2v) is 3.78. The van der Waals surface area contributed by atoms with Crippen molar-refractivity contribution in [2.75, 3.05) is 6.61 Å². The fourth-order valence-electron chi connectivity index (χ4n) is 1.59. The van der Waals surface area contributed by atoms with E-state index in [9.17, 15) is 4.79 Å². The molecule has 0 saturated carbocycles. The van der Waals surface area contributed by atoms with Crippen LogP contribution in [0.1, 0.15) is 25.8 Å². The highest BCUT2D eigenvalue weighted by Gasteiger charge is 2.21. The van der Waals surface area contributed by atoms with Gasteiger partial charge >= 0.3 is 5.97 Å². The van der Waals surface area contributed by atoms with E-state index < -0.39 is 0 Å². The Morgan fingerprint density at radius 3 is 2.56 bits per heavy atom.